The minimum atomic E-state index is 0. The molecule has 1 aromatic rings. The predicted molar refractivity (Wildman–Crippen MR) is 118 cm³/mol. The van der Waals surface area contributed by atoms with Crippen LogP contribution in [-0.4, -0.2) is 62.2 Å². The van der Waals surface area contributed by atoms with E-state index in [0.717, 1.165) is 58.4 Å². The topological polar surface area (TPSA) is 40.1 Å². The molecule has 0 aliphatic carbocycles. The average molecular weight is 472 g/mol. The second-order valence-electron chi connectivity index (χ2n) is 7.89. The Balaban J connectivity index is 0.00000243. The van der Waals surface area contributed by atoms with Crippen molar-refractivity contribution in [3.8, 4) is 0 Å². The second-order valence-corrected chi connectivity index (χ2v) is 7.89. The summed E-state index contributed by atoms with van der Waals surface area (Å²) in [5.41, 5.74) is 3.13. The number of hydrogen-bond donors (Lipinski definition) is 1. The van der Waals surface area contributed by atoms with E-state index in [-0.39, 0.29) is 24.0 Å². The molecular weight excluding hydrogens is 439 g/mol. The van der Waals surface area contributed by atoms with Gasteiger partial charge in [-0.25, -0.2) is 0 Å². The molecule has 6 heteroatoms. The van der Waals surface area contributed by atoms with Crippen molar-refractivity contribution in [3.63, 3.8) is 0 Å². The van der Waals surface area contributed by atoms with Crippen LogP contribution < -0.4 is 5.32 Å². The van der Waals surface area contributed by atoms with E-state index in [1.54, 1.807) is 0 Å². The number of guanidine groups is 1. The Morgan fingerprint density at radius 1 is 1.15 bits per heavy atom. The van der Waals surface area contributed by atoms with Crippen LogP contribution in [0.2, 0.25) is 0 Å². The molecule has 0 spiro atoms. The standard InChI is InChI=1S/C20H32N4O.HI/c1-20(2)8-9-24(16-20)19(21-3)22-14-17-6-4-5-7-18(17)15-23-10-12-25-13-11-23;/h4-7H,8-16H2,1-3H3,(H,21,22);1H. The van der Waals surface area contributed by atoms with E-state index in [1.807, 2.05) is 7.05 Å². The molecule has 2 saturated heterocycles. The molecule has 0 saturated carbocycles. The third kappa shape index (κ3) is 5.82. The van der Waals surface area contributed by atoms with Gasteiger partial charge in [0.15, 0.2) is 5.96 Å². The van der Waals surface area contributed by atoms with Crippen LogP contribution in [0.3, 0.4) is 0 Å². The molecule has 2 aliphatic heterocycles. The third-order valence-corrected chi connectivity index (χ3v) is 5.24. The van der Waals surface area contributed by atoms with Gasteiger partial charge in [-0.1, -0.05) is 38.1 Å². The fourth-order valence-electron chi connectivity index (χ4n) is 3.68. The Morgan fingerprint density at radius 2 is 1.85 bits per heavy atom. The molecule has 2 fully saturated rings. The largest absolute Gasteiger partial charge is 0.379 e. The zero-order valence-corrected chi connectivity index (χ0v) is 18.7. The van der Waals surface area contributed by atoms with E-state index in [4.69, 9.17) is 4.74 Å². The van der Waals surface area contributed by atoms with Crippen molar-refractivity contribution in [3.05, 3.63) is 35.4 Å². The molecule has 3 rings (SSSR count). The van der Waals surface area contributed by atoms with E-state index in [1.165, 1.54) is 17.5 Å². The number of nitrogens with one attached hydrogen (secondary N) is 1. The summed E-state index contributed by atoms with van der Waals surface area (Å²) < 4.78 is 5.46. The number of ether oxygens (including phenoxy) is 1. The maximum absolute atomic E-state index is 5.46. The lowest BCUT2D eigenvalue weighted by Gasteiger charge is -2.28. The molecule has 0 atom stereocenters. The number of rotatable bonds is 4. The third-order valence-electron chi connectivity index (χ3n) is 5.24. The van der Waals surface area contributed by atoms with Gasteiger partial charge in [0.2, 0.25) is 0 Å². The highest BCUT2D eigenvalue weighted by Gasteiger charge is 2.30. The highest BCUT2D eigenvalue weighted by Crippen LogP contribution is 2.28. The number of halogens is 1. The van der Waals surface area contributed by atoms with Gasteiger partial charge in [0.1, 0.15) is 0 Å². The van der Waals surface area contributed by atoms with Crippen LogP contribution in [0, 0.1) is 5.41 Å². The van der Waals surface area contributed by atoms with Crippen LogP contribution in [0.1, 0.15) is 31.4 Å². The van der Waals surface area contributed by atoms with E-state index in [0.29, 0.717) is 5.41 Å². The number of morpholine rings is 1. The molecule has 5 nitrogen and oxygen atoms in total. The summed E-state index contributed by atoms with van der Waals surface area (Å²) >= 11 is 0. The summed E-state index contributed by atoms with van der Waals surface area (Å²) in [6, 6.07) is 8.73. The number of nitrogens with zero attached hydrogens (tertiary/aromatic N) is 3. The Labute approximate surface area is 175 Å². The number of benzene rings is 1. The quantitative estimate of drug-likeness (QED) is 0.416. The lowest BCUT2D eigenvalue weighted by Crippen LogP contribution is -2.40. The lowest BCUT2D eigenvalue weighted by atomic mass is 9.93. The van der Waals surface area contributed by atoms with Gasteiger partial charge in [0.05, 0.1) is 13.2 Å². The molecular formula is C20H33IN4O. The molecule has 1 aromatic carbocycles. The highest BCUT2D eigenvalue weighted by atomic mass is 127. The van der Waals surface area contributed by atoms with Crippen LogP contribution in [0.15, 0.2) is 29.3 Å². The minimum absolute atomic E-state index is 0. The van der Waals surface area contributed by atoms with Crippen LogP contribution in [0.4, 0.5) is 0 Å². The van der Waals surface area contributed by atoms with Gasteiger partial charge >= 0.3 is 0 Å². The summed E-state index contributed by atoms with van der Waals surface area (Å²) in [6.07, 6.45) is 1.22. The zero-order valence-electron chi connectivity index (χ0n) is 16.3. The summed E-state index contributed by atoms with van der Waals surface area (Å²) in [7, 11) is 1.88. The molecule has 0 bridgehead atoms. The summed E-state index contributed by atoms with van der Waals surface area (Å²) in [6.45, 7) is 12.4. The predicted octanol–water partition coefficient (Wildman–Crippen LogP) is 2.94. The first-order valence-corrected chi connectivity index (χ1v) is 9.40. The minimum Gasteiger partial charge on any atom is -0.379 e. The molecule has 0 unspecified atom stereocenters. The maximum Gasteiger partial charge on any atom is 0.193 e. The molecule has 26 heavy (non-hydrogen) atoms. The van der Waals surface area contributed by atoms with E-state index in [9.17, 15) is 0 Å². The first-order chi connectivity index (χ1) is 12.1. The molecule has 1 N–H and O–H groups in total. The van der Waals surface area contributed by atoms with Crippen molar-refractivity contribution in [1.82, 2.24) is 15.1 Å². The van der Waals surface area contributed by atoms with Gasteiger partial charge < -0.3 is 15.0 Å². The molecule has 0 amide bonds. The summed E-state index contributed by atoms with van der Waals surface area (Å²) in [4.78, 5) is 9.35. The van der Waals surface area contributed by atoms with Gasteiger partial charge in [-0.3, -0.25) is 9.89 Å². The number of likely N-dealkylation sites (tertiary alicyclic amines) is 1. The fourth-order valence-corrected chi connectivity index (χ4v) is 3.68. The van der Waals surface area contributed by atoms with Gasteiger partial charge in [-0.15, -0.1) is 24.0 Å². The maximum atomic E-state index is 5.46. The van der Waals surface area contributed by atoms with Crippen molar-refractivity contribution in [2.24, 2.45) is 10.4 Å². The van der Waals surface area contributed by atoms with Gasteiger partial charge in [0, 0.05) is 46.3 Å². The highest BCUT2D eigenvalue weighted by molar-refractivity contribution is 14.0. The van der Waals surface area contributed by atoms with Crippen molar-refractivity contribution >= 4 is 29.9 Å². The van der Waals surface area contributed by atoms with Crippen LogP contribution >= 0.6 is 24.0 Å². The Hall–Kier alpha value is -0.860. The smallest absolute Gasteiger partial charge is 0.193 e. The average Bonchev–Trinajstić information content (AvgIpc) is 2.97. The number of hydrogen-bond acceptors (Lipinski definition) is 3. The monoisotopic (exact) mass is 472 g/mol. The number of aliphatic imine (C=N–C) groups is 1. The van der Waals surface area contributed by atoms with Crippen LogP contribution in [0.5, 0.6) is 0 Å². The van der Waals surface area contributed by atoms with Crippen molar-refractivity contribution in [2.75, 3.05) is 46.4 Å². The molecule has 146 valence electrons. The Kier molecular flexibility index (Phi) is 8.16. The van der Waals surface area contributed by atoms with Gasteiger partial charge in [0.25, 0.3) is 0 Å². The van der Waals surface area contributed by atoms with Crippen molar-refractivity contribution in [2.45, 2.75) is 33.4 Å². The van der Waals surface area contributed by atoms with Gasteiger partial charge in [-0.2, -0.15) is 0 Å². The first kappa shape index (κ1) is 21.4. The van der Waals surface area contributed by atoms with E-state index < -0.39 is 0 Å². The molecule has 2 aliphatic rings. The fraction of sp³-hybridized carbons (Fsp3) is 0.650. The Morgan fingerprint density at radius 3 is 2.46 bits per heavy atom. The van der Waals surface area contributed by atoms with E-state index in [2.05, 4.69) is 58.2 Å². The van der Waals surface area contributed by atoms with Gasteiger partial charge in [-0.05, 0) is 23.0 Å². The first-order valence-electron chi connectivity index (χ1n) is 9.40. The SMILES string of the molecule is CN=C(NCc1ccccc1CN1CCOCC1)N1CCC(C)(C)C1.I. The van der Waals surface area contributed by atoms with Crippen molar-refractivity contribution < 1.29 is 4.74 Å². The van der Waals surface area contributed by atoms with Crippen LogP contribution in [0.25, 0.3) is 0 Å². The summed E-state index contributed by atoms with van der Waals surface area (Å²) in [5, 5.41) is 3.58. The lowest BCUT2D eigenvalue weighted by molar-refractivity contribution is 0.0341. The Bertz CT molecular complexity index is 599. The molecule has 0 aromatic heterocycles. The molecule has 2 heterocycles. The van der Waals surface area contributed by atoms with E-state index >= 15 is 0 Å². The van der Waals surface area contributed by atoms with Crippen LogP contribution in [-0.2, 0) is 17.8 Å². The molecule has 0 radical (unpaired) electrons. The second kappa shape index (κ2) is 9.90. The van der Waals surface area contributed by atoms with Crippen molar-refractivity contribution in [1.29, 1.82) is 0 Å². The zero-order chi connectivity index (χ0) is 17.7. The normalized spacial score (nSPS) is 20.7. The summed E-state index contributed by atoms with van der Waals surface area (Å²) in [5.74, 6) is 1.02.